The monoisotopic (exact) mass is 222 g/mol. The summed E-state index contributed by atoms with van der Waals surface area (Å²) in [6.45, 7) is -0.189. The number of hydrogen-bond donors (Lipinski definition) is 1. The highest BCUT2D eigenvalue weighted by atomic mass is 19.1. The number of nitrogens with zero attached hydrogens (tertiary/aromatic N) is 2. The lowest BCUT2D eigenvalue weighted by Gasteiger charge is -2.02. The zero-order chi connectivity index (χ0) is 11.5. The van der Waals surface area contributed by atoms with Crippen molar-refractivity contribution < 1.29 is 13.9 Å². The molecule has 0 atom stereocenters. The van der Waals surface area contributed by atoms with Gasteiger partial charge in [0.05, 0.1) is 12.2 Å². The van der Waals surface area contributed by atoms with Gasteiger partial charge in [-0.25, -0.2) is 18.7 Å². The van der Waals surface area contributed by atoms with E-state index in [0.29, 0.717) is 5.56 Å². The Kier molecular flexibility index (Phi) is 2.87. The number of benzene rings is 1. The molecule has 0 aliphatic rings. The molecule has 0 spiro atoms. The van der Waals surface area contributed by atoms with Crippen LogP contribution in [-0.4, -0.2) is 15.1 Å². The highest BCUT2D eigenvalue weighted by molar-refractivity contribution is 5.55. The summed E-state index contributed by atoms with van der Waals surface area (Å²) in [4.78, 5) is 7.69. The topological polar surface area (TPSA) is 46.0 Å². The van der Waals surface area contributed by atoms with E-state index in [0.717, 1.165) is 18.2 Å². The van der Waals surface area contributed by atoms with Gasteiger partial charge in [-0.2, -0.15) is 0 Å². The molecule has 1 heterocycles. The maximum absolute atomic E-state index is 13.3. The van der Waals surface area contributed by atoms with Crippen molar-refractivity contribution in [3.63, 3.8) is 0 Å². The average molecular weight is 222 g/mol. The predicted octanol–water partition coefficient (Wildman–Crippen LogP) is 1.91. The third kappa shape index (κ3) is 2.04. The Labute approximate surface area is 90.4 Å². The molecule has 0 saturated carbocycles. The van der Waals surface area contributed by atoms with E-state index in [-0.39, 0.29) is 18.0 Å². The van der Waals surface area contributed by atoms with Crippen LogP contribution in [0.3, 0.4) is 0 Å². The lowest BCUT2D eigenvalue weighted by molar-refractivity contribution is 0.281. The Morgan fingerprint density at radius 3 is 2.44 bits per heavy atom. The largest absolute Gasteiger partial charge is 0.392 e. The second-order valence-corrected chi connectivity index (χ2v) is 3.20. The fraction of sp³-hybridized carbons (Fsp3) is 0.0909. The molecule has 0 amide bonds. The predicted molar refractivity (Wildman–Crippen MR) is 53.3 cm³/mol. The first-order valence-corrected chi connectivity index (χ1v) is 4.58. The summed E-state index contributed by atoms with van der Waals surface area (Å²) in [5, 5.41) is 8.78. The zero-order valence-corrected chi connectivity index (χ0v) is 8.19. The molecule has 3 nitrogen and oxygen atoms in total. The van der Waals surface area contributed by atoms with E-state index in [1.54, 1.807) is 0 Å². The van der Waals surface area contributed by atoms with Gasteiger partial charge in [0.2, 0.25) is 0 Å². The van der Waals surface area contributed by atoms with E-state index >= 15 is 0 Å². The van der Waals surface area contributed by atoms with Crippen molar-refractivity contribution in [3.8, 4) is 11.4 Å². The van der Waals surface area contributed by atoms with Crippen LogP contribution in [0.2, 0.25) is 0 Å². The summed E-state index contributed by atoms with van der Waals surface area (Å²) in [6, 6.07) is 3.08. The average Bonchev–Trinajstić information content (AvgIpc) is 2.32. The summed E-state index contributed by atoms with van der Waals surface area (Å²) >= 11 is 0. The smallest absolute Gasteiger partial charge is 0.162 e. The Morgan fingerprint density at radius 1 is 1.12 bits per heavy atom. The molecule has 1 aromatic carbocycles. The van der Waals surface area contributed by atoms with Crippen LogP contribution in [0.1, 0.15) is 5.56 Å². The lowest BCUT2D eigenvalue weighted by Crippen LogP contribution is -1.95. The molecule has 82 valence electrons. The maximum atomic E-state index is 13.3. The molecule has 16 heavy (non-hydrogen) atoms. The summed E-state index contributed by atoms with van der Waals surface area (Å²) in [5.41, 5.74) is 0.519. The fourth-order valence-corrected chi connectivity index (χ4v) is 1.24. The van der Waals surface area contributed by atoms with Gasteiger partial charge in [-0.15, -0.1) is 0 Å². The van der Waals surface area contributed by atoms with Crippen LogP contribution in [0.25, 0.3) is 11.4 Å². The van der Waals surface area contributed by atoms with Crippen LogP contribution in [0.5, 0.6) is 0 Å². The SMILES string of the molecule is OCc1cnc(-c2cc(F)ccc2F)nc1. The molecule has 1 N–H and O–H groups in total. The van der Waals surface area contributed by atoms with Crippen LogP contribution in [0, 0.1) is 11.6 Å². The van der Waals surface area contributed by atoms with Crippen LogP contribution >= 0.6 is 0 Å². The van der Waals surface area contributed by atoms with Gasteiger partial charge in [-0.1, -0.05) is 0 Å². The molecule has 0 saturated heterocycles. The molecule has 0 aliphatic carbocycles. The van der Waals surface area contributed by atoms with Crippen molar-refractivity contribution in [1.29, 1.82) is 0 Å². The Bertz CT molecular complexity index is 500. The Balaban J connectivity index is 2.45. The fourth-order valence-electron chi connectivity index (χ4n) is 1.24. The number of aromatic nitrogens is 2. The highest BCUT2D eigenvalue weighted by Crippen LogP contribution is 2.19. The molecule has 0 aliphatic heterocycles. The molecular formula is C11H8F2N2O. The van der Waals surface area contributed by atoms with E-state index < -0.39 is 11.6 Å². The van der Waals surface area contributed by atoms with E-state index in [9.17, 15) is 8.78 Å². The van der Waals surface area contributed by atoms with Crippen molar-refractivity contribution in [2.24, 2.45) is 0 Å². The Morgan fingerprint density at radius 2 is 1.81 bits per heavy atom. The van der Waals surface area contributed by atoms with Gasteiger partial charge < -0.3 is 5.11 Å². The molecule has 2 rings (SSSR count). The van der Waals surface area contributed by atoms with Crippen molar-refractivity contribution in [2.45, 2.75) is 6.61 Å². The van der Waals surface area contributed by atoms with Gasteiger partial charge in [-0.3, -0.25) is 0 Å². The van der Waals surface area contributed by atoms with E-state index in [4.69, 9.17) is 5.11 Å². The van der Waals surface area contributed by atoms with Gasteiger partial charge in [0.15, 0.2) is 5.82 Å². The number of rotatable bonds is 2. The minimum atomic E-state index is -0.585. The Hall–Kier alpha value is -1.88. The van der Waals surface area contributed by atoms with E-state index in [1.165, 1.54) is 12.4 Å². The van der Waals surface area contributed by atoms with Crippen molar-refractivity contribution in [3.05, 3.63) is 47.8 Å². The molecule has 0 bridgehead atoms. The van der Waals surface area contributed by atoms with Crippen LogP contribution in [0.4, 0.5) is 8.78 Å². The number of hydrogen-bond acceptors (Lipinski definition) is 3. The van der Waals surface area contributed by atoms with Gasteiger partial charge in [0, 0.05) is 18.0 Å². The maximum Gasteiger partial charge on any atom is 0.162 e. The first-order valence-electron chi connectivity index (χ1n) is 4.58. The molecule has 1 aromatic heterocycles. The molecular weight excluding hydrogens is 214 g/mol. The van der Waals surface area contributed by atoms with Crippen LogP contribution < -0.4 is 0 Å². The molecule has 2 aromatic rings. The zero-order valence-electron chi connectivity index (χ0n) is 8.19. The lowest BCUT2D eigenvalue weighted by atomic mass is 10.2. The van der Waals surface area contributed by atoms with Crippen LogP contribution in [0.15, 0.2) is 30.6 Å². The van der Waals surface area contributed by atoms with Crippen LogP contribution in [-0.2, 0) is 6.61 Å². The minimum absolute atomic E-state index is 0.00416. The molecule has 5 heteroatoms. The molecule has 0 fully saturated rings. The number of aliphatic hydroxyl groups excluding tert-OH is 1. The third-order valence-electron chi connectivity index (χ3n) is 2.06. The quantitative estimate of drug-likeness (QED) is 0.844. The normalized spacial score (nSPS) is 10.4. The first kappa shape index (κ1) is 10.6. The first-order chi connectivity index (χ1) is 7.70. The highest BCUT2D eigenvalue weighted by Gasteiger charge is 2.08. The summed E-state index contributed by atoms with van der Waals surface area (Å²) in [5.74, 6) is -1.04. The second kappa shape index (κ2) is 4.32. The summed E-state index contributed by atoms with van der Waals surface area (Å²) in [6.07, 6.45) is 2.74. The van der Waals surface area contributed by atoms with E-state index in [1.807, 2.05) is 0 Å². The standard InChI is InChI=1S/C11H8F2N2O/c12-8-1-2-10(13)9(3-8)11-14-4-7(6-16)5-15-11/h1-5,16H,6H2. The molecule has 0 unspecified atom stereocenters. The minimum Gasteiger partial charge on any atom is -0.392 e. The number of halogens is 2. The van der Waals surface area contributed by atoms with Gasteiger partial charge in [0.25, 0.3) is 0 Å². The van der Waals surface area contributed by atoms with Crippen molar-refractivity contribution in [1.82, 2.24) is 9.97 Å². The van der Waals surface area contributed by atoms with E-state index in [2.05, 4.69) is 9.97 Å². The van der Waals surface area contributed by atoms with Gasteiger partial charge in [0.1, 0.15) is 11.6 Å². The summed E-state index contributed by atoms with van der Waals surface area (Å²) in [7, 11) is 0. The summed E-state index contributed by atoms with van der Waals surface area (Å²) < 4.78 is 26.3. The van der Waals surface area contributed by atoms with Crippen molar-refractivity contribution in [2.75, 3.05) is 0 Å². The van der Waals surface area contributed by atoms with Gasteiger partial charge in [-0.05, 0) is 18.2 Å². The number of aliphatic hydroxyl groups is 1. The second-order valence-electron chi connectivity index (χ2n) is 3.20. The third-order valence-corrected chi connectivity index (χ3v) is 2.06. The van der Waals surface area contributed by atoms with Crippen molar-refractivity contribution >= 4 is 0 Å². The van der Waals surface area contributed by atoms with Gasteiger partial charge >= 0.3 is 0 Å². The molecule has 0 radical (unpaired) electrons.